The van der Waals surface area contributed by atoms with E-state index in [4.69, 9.17) is 29.5 Å². The molecular weight excluding hydrogens is 686 g/mol. The van der Waals surface area contributed by atoms with Crippen molar-refractivity contribution < 1.29 is 44.8 Å². The molecule has 6 rings (SSSR count). The van der Waals surface area contributed by atoms with E-state index in [9.17, 15) is 26.8 Å². The molecule has 2 amide bonds. The van der Waals surface area contributed by atoms with E-state index < -0.39 is 58.0 Å². The van der Waals surface area contributed by atoms with Crippen molar-refractivity contribution in [3.63, 3.8) is 0 Å². The van der Waals surface area contributed by atoms with E-state index in [1.807, 2.05) is 0 Å². The summed E-state index contributed by atoms with van der Waals surface area (Å²) in [6, 6.07) is 22.1. The van der Waals surface area contributed by atoms with E-state index in [2.05, 4.69) is 0 Å². The Balaban J connectivity index is 1.15. The molecule has 0 aromatic heterocycles. The first kappa shape index (κ1) is 35.9. The van der Waals surface area contributed by atoms with Gasteiger partial charge in [0, 0.05) is 11.1 Å². The smallest absolute Gasteiger partial charge is 0.432 e. The third kappa shape index (κ3) is 8.52. The number of primary amides is 2. The van der Waals surface area contributed by atoms with Crippen molar-refractivity contribution in [1.82, 2.24) is 10.1 Å². The van der Waals surface area contributed by atoms with Crippen LogP contribution in [0.3, 0.4) is 0 Å². The second-order valence-electron chi connectivity index (χ2n) is 12.2. The third-order valence-corrected chi connectivity index (χ3v) is 9.61. The maximum atomic E-state index is 14.0. The molecular formula is C36H36F2N4O8S. The molecule has 15 heteroatoms. The number of halogens is 2. The van der Waals surface area contributed by atoms with Crippen LogP contribution in [0.2, 0.25) is 0 Å². The molecule has 12 nitrogen and oxygen atoms in total. The van der Waals surface area contributed by atoms with E-state index in [0.717, 1.165) is 10.1 Å². The first-order valence-electron chi connectivity index (χ1n) is 16.2. The number of benzene rings is 4. The fourth-order valence-electron chi connectivity index (χ4n) is 6.30. The molecule has 0 radical (unpaired) electrons. The highest BCUT2D eigenvalue weighted by atomic mass is 32.3. The summed E-state index contributed by atoms with van der Waals surface area (Å²) >= 11 is 0. The lowest BCUT2D eigenvalue weighted by molar-refractivity contribution is -0.165. The van der Waals surface area contributed by atoms with Crippen LogP contribution in [0.1, 0.15) is 60.0 Å². The minimum Gasteiger partial charge on any atom is -0.489 e. The Kier molecular flexibility index (Phi) is 10.9. The maximum Gasteiger partial charge on any atom is 0.432 e. The Hall–Kier alpha value is -4.93. The SMILES string of the molecule is NC(=O)[C@@H]1CC[C@H](c2ccc(OCc3ccccc3F)cc2)N1OS(=O)(=O)ON1[C@@H](c2ccc(OCc3ccccc3F)cc2)CC[C@H]1C(N)=O. The summed E-state index contributed by atoms with van der Waals surface area (Å²) in [5, 5.41) is 1.97. The normalized spacial score (nSPS) is 21.1. The lowest BCUT2D eigenvalue weighted by atomic mass is 10.1. The summed E-state index contributed by atoms with van der Waals surface area (Å²) in [4.78, 5) is 24.8. The number of amides is 2. The minimum absolute atomic E-state index is 0.00120. The average Bonchev–Trinajstić information content (AvgIpc) is 3.72. The fourth-order valence-corrected chi connectivity index (χ4v) is 7.16. The van der Waals surface area contributed by atoms with Gasteiger partial charge in [-0.25, -0.2) is 8.78 Å². The van der Waals surface area contributed by atoms with E-state index in [1.54, 1.807) is 84.9 Å². The van der Waals surface area contributed by atoms with Gasteiger partial charge in [-0.1, -0.05) is 60.7 Å². The molecule has 0 spiro atoms. The second kappa shape index (κ2) is 15.5. The molecule has 0 aliphatic carbocycles. The summed E-state index contributed by atoms with van der Waals surface area (Å²) in [7, 11) is -4.95. The van der Waals surface area contributed by atoms with Crippen LogP contribution in [0.15, 0.2) is 97.1 Å². The topological polar surface area (TPSA) is 164 Å². The number of rotatable bonds is 14. The Morgan fingerprint density at radius 2 is 0.980 bits per heavy atom. The molecule has 268 valence electrons. The molecule has 0 saturated carbocycles. The standard InChI is InChI=1S/C36H36F2N4O8S/c37-29-7-3-1-5-25(29)21-47-27-13-9-23(10-14-27)31-17-19-33(35(39)43)41(31)49-51(45,46)50-42-32(18-20-34(42)36(40)44)24-11-15-28(16-12-24)48-22-26-6-2-4-8-30(26)38/h1-16,31-34H,17-22H2,(H2,39,43)(H2,40,44)/t31-,32-,33+,34+/m1/s1. The van der Waals surface area contributed by atoms with E-state index in [1.165, 1.54) is 12.1 Å². The van der Waals surface area contributed by atoms with Crippen LogP contribution in [-0.2, 0) is 41.8 Å². The Labute approximate surface area is 293 Å². The Morgan fingerprint density at radius 3 is 1.33 bits per heavy atom. The summed E-state index contributed by atoms with van der Waals surface area (Å²) in [5.74, 6) is -1.50. The van der Waals surface area contributed by atoms with Gasteiger partial charge in [-0.05, 0) is 73.2 Å². The van der Waals surface area contributed by atoms with Crippen molar-refractivity contribution in [3.05, 3.63) is 131 Å². The van der Waals surface area contributed by atoms with E-state index in [0.29, 0.717) is 46.6 Å². The maximum absolute atomic E-state index is 14.0. The zero-order valence-electron chi connectivity index (χ0n) is 27.3. The molecule has 2 aliphatic heterocycles. The number of hydrogen-bond donors (Lipinski definition) is 2. The summed E-state index contributed by atoms with van der Waals surface area (Å²) in [6.45, 7) is 0.00241. The van der Waals surface area contributed by atoms with Gasteiger partial charge in [0.1, 0.15) is 48.4 Å². The summed E-state index contributed by atoms with van der Waals surface area (Å²) in [5.41, 5.74) is 13.2. The van der Waals surface area contributed by atoms with Gasteiger partial charge in [0.05, 0.1) is 12.1 Å². The highest BCUT2D eigenvalue weighted by molar-refractivity contribution is 7.81. The predicted molar refractivity (Wildman–Crippen MR) is 179 cm³/mol. The fraction of sp³-hybridized carbons (Fsp3) is 0.278. The molecule has 2 heterocycles. The summed E-state index contributed by atoms with van der Waals surface area (Å²) < 4.78 is 77.3. The van der Waals surface area contributed by atoms with Crippen molar-refractivity contribution >= 4 is 22.2 Å². The van der Waals surface area contributed by atoms with Crippen molar-refractivity contribution in [3.8, 4) is 11.5 Å². The van der Waals surface area contributed by atoms with Crippen LogP contribution in [0.25, 0.3) is 0 Å². The lowest BCUT2D eigenvalue weighted by Gasteiger charge is -2.30. The van der Waals surface area contributed by atoms with Crippen LogP contribution in [0.5, 0.6) is 11.5 Å². The zero-order valence-corrected chi connectivity index (χ0v) is 28.1. The van der Waals surface area contributed by atoms with Crippen LogP contribution in [-0.4, -0.2) is 42.4 Å². The van der Waals surface area contributed by atoms with Gasteiger partial charge in [-0.3, -0.25) is 9.59 Å². The monoisotopic (exact) mass is 722 g/mol. The number of hydroxylamine groups is 4. The lowest BCUT2D eigenvalue weighted by Crippen LogP contribution is -2.46. The van der Waals surface area contributed by atoms with Gasteiger partial charge in [0.15, 0.2) is 0 Å². The highest BCUT2D eigenvalue weighted by Gasteiger charge is 2.46. The van der Waals surface area contributed by atoms with Crippen molar-refractivity contribution in [2.24, 2.45) is 11.5 Å². The van der Waals surface area contributed by atoms with Crippen LogP contribution in [0.4, 0.5) is 8.78 Å². The van der Waals surface area contributed by atoms with E-state index >= 15 is 0 Å². The van der Waals surface area contributed by atoms with Crippen LogP contribution >= 0.6 is 0 Å². The quantitative estimate of drug-likeness (QED) is 0.183. The van der Waals surface area contributed by atoms with Crippen LogP contribution < -0.4 is 20.9 Å². The Morgan fingerprint density at radius 1 is 0.608 bits per heavy atom. The molecule has 4 N–H and O–H groups in total. The largest absolute Gasteiger partial charge is 0.489 e. The van der Waals surface area contributed by atoms with Gasteiger partial charge in [0.25, 0.3) is 0 Å². The van der Waals surface area contributed by atoms with Gasteiger partial charge in [0.2, 0.25) is 11.8 Å². The van der Waals surface area contributed by atoms with E-state index in [-0.39, 0.29) is 26.1 Å². The van der Waals surface area contributed by atoms with Crippen LogP contribution in [0, 0.1) is 11.6 Å². The molecule has 51 heavy (non-hydrogen) atoms. The number of carbonyl (C=O) groups is 2. The first-order valence-corrected chi connectivity index (χ1v) is 17.5. The van der Waals surface area contributed by atoms with Gasteiger partial charge >= 0.3 is 10.4 Å². The molecule has 4 aromatic carbocycles. The van der Waals surface area contributed by atoms with Gasteiger partial charge in [-0.2, -0.15) is 17.0 Å². The average molecular weight is 723 g/mol. The molecule has 4 atom stereocenters. The molecule has 2 saturated heterocycles. The van der Waals surface area contributed by atoms with Crippen molar-refractivity contribution in [2.75, 3.05) is 0 Å². The molecule has 0 bridgehead atoms. The number of carbonyl (C=O) groups excluding carboxylic acids is 2. The molecule has 4 aromatic rings. The zero-order chi connectivity index (χ0) is 36.1. The molecule has 2 fully saturated rings. The minimum atomic E-state index is -4.95. The Bertz CT molecular complexity index is 1830. The predicted octanol–water partition coefficient (Wildman–Crippen LogP) is 4.91. The number of hydrogen-bond acceptors (Lipinski definition) is 10. The van der Waals surface area contributed by atoms with Gasteiger partial charge in [-0.15, -0.1) is 10.1 Å². The number of nitrogens with two attached hydrogens (primary N) is 2. The number of ether oxygens (including phenoxy) is 2. The number of nitrogens with zero attached hydrogens (tertiary/aromatic N) is 2. The first-order chi connectivity index (χ1) is 24.5. The molecule has 0 unspecified atom stereocenters. The van der Waals surface area contributed by atoms with Gasteiger partial charge < -0.3 is 20.9 Å². The highest BCUT2D eigenvalue weighted by Crippen LogP contribution is 2.41. The third-order valence-electron chi connectivity index (χ3n) is 8.90. The second-order valence-corrected chi connectivity index (χ2v) is 13.3. The molecule has 2 aliphatic rings. The van der Waals surface area contributed by atoms with Crippen molar-refractivity contribution in [1.29, 1.82) is 0 Å². The van der Waals surface area contributed by atoms with Crippen molar-refractivity contribution in [2.45, 2.75) is 63.1 Å². The summed E-state index contributed by atoms with van der Waals surface area (Å²) in [6.07, 6.45) is 1.03.